The average Bonchev–Trinajstić information content (AvgIpc) is 3.09. The van der Waals surface area contributed by atoms with Gasteiger partial charge in [-0.25, -0.2) is 0 Å². The van der Waals surface area contributed by atoms with Crippen LogP contribution >= 0.6 is 18.6 Å². The molecule has 2 aliphatic rings. The third-order valence-electron chi connectivity index (χ3n) is 5.96. The fourth-order valence-corrected chi connectivity index (χ4v) is 23.7. The fourth-order valence-electron chi connectivity index (χ4n) is 4.86. The molecule has 2 nitrogen and oxygen atoms in total. The Morgan fingerprint density at radius 2 is 1.69 bits per heavy atom. The van der Waals surface area contributed by atoms with E-state index in [4.69, 9.17) is 18.6 Å². The second-order valence-corrected chi connectivity index (χ2v) is 37.5. The summed E-state index contributed by atoms with van der Waals surface area (Å²) >= 11 is -4.04. The summed E-state index contributed by atoms with van der Waals surface area (Å²) in [5.74, 6) is 0. The van der Waals surface area contributed by atoms with Crippen molar-refractivity contribution in [2.24, 2.45) is 0 Å². The maximum absolute atomic E-state index is 7.67. The second-order valence-electron chi connectivity index (χ2n) is 9.43. The standard InChI is InChI=1S/C14H16N.C4H10N.C2H7Si.2ClH.Ti/c1-11-10-12-6-2-3-7-13(12)14(11)15-8-4-5-9-15;1-4(2,3)5;1-3-2;;;/h2-3,6-7,10H,4-5,8-9H2,1H3;5H,1-3H3;3H,1-2H3;2*1H;/q;-1;;;;+3/p-2. The first kappa shape index (κ1) is 21.0. The van der Waals surface area contributed by atoms with E-state index in [9.17, 15) is 0 Å². The Morgan fingerprint density at radius 1 is 1.12 bits per heavy atom. The number of nitrogens with zero attached hydrogens (tertiary/aromatic N) is 1. The summed E-state index contributed by atoms with van der Waals surface area (Å²) in [5, 5.41) is 0. The molecule has 6 heteroatoms. The first-order chi connectivity index (χ1) is 11.9. The van der Waals surface area contributed by atoms with Crippen molar-refractivity contribution in [2.45, 2.75) is 63.4 Å². The van der Waals surface area contributed by atoms with Crippen LogP contribution in [0.15, 0.2) is 29.8 Å². The van der Waals surface area contributed by atoms with Crippen molar-refractivity contribution in [3.63, 3.8) is 0 Å². The third kappa shape index (κ3) is 3.49. The Balaban J connectivity index is 2.21. The molecule has 0 radical (unpaired) electrons. The normalized spacial score (nSPS) is 22.7. The molecule has 1 aliphatic heterocycles. The molecule has 1 heterocycles. The Bertz CT molecular complexity index is 734. The molecule has 0 bridgehead atoms. The molecule has 1 aliphatic carbocycles. The minimum absolute atomic E-state index is 0.0937. The Hall–Kier alpha value is 0.231. The molecule has 0 aromatic heterocycles. The van der Waals surface area contributed by atoms with Gasteiger partial charge in [0.1, 0.15) is 0 Å². The molecule has 1 unspecified atom stereocenters. The van der Waals surface area contributed by atoms with Gasteiger partial charge in [0.2, 0.25) is 0 Å². The third-order valence-corrected chi connectivity index (χ3v) is 38.1. The number of halogens is 2. The van der Waals surface area contributed by atoms with E-state index >= 15 is 0 Å². The zero-order valence-electron chi connectivity index (χ0n) is 17.0. The molecule has 1 fully saturated rings. The van der Waals surface area contributed by atoms with Crippen LogP contribution in [-0.4, -0.2) is 30.2 Å². The summed E-state index contributed by atoms with van der Waals surface area (Å²) in [7, 11) is 15.3. The van der Waals surface area contributed by atoms with Gasteiger partial charge in [-0.3, -0.25) is 0 Å². The van der Waals surface area contributed by atoms with E-state index in [2.05, 4.69) is 73.8 Å². The van der Waals surface area contributed by atoms with Gasteiger partial charge in [0.25, 0.3) is 0 Å². The molecule has 26 heavy (non-hydrogen) atoms. The van der Waals surface area contributed by atoms with Gasteiger partial charge in [-0.05, 0) is 0 Å². The van der Waals surface area contributed by atoms with E-state index in [1.165, 1.54) is 35.2 Å². The molecule has 1 N–H and O–H groups in total. The van der Waals surface area contributed by atoms with Crippen LogP contribution in [0.3, 0.4) is 0 Å². The number of allylic oxidation sites excluding steroid dienone is 1. The van der Waals surface area contributed by atoms with Gasteiger partial charge in [0, 0.05) is 0 Å². The number of rotatable bonds is 4. The SMILES string of the molecule is CC1=C(N2CCCC2)c2ccccc2[CH]1[Ti]([Cl])([Cl])([NH]C(C)(C)C)[SiH](C)C. The molecule has 3 rings (SSSR count). The van der Waals surface area contributed by atoms with Crippen molar-refractivity contribution in [1.82, 2.24) is 8.70 Å². The van der Waals surface area contributed by atoms with E-state index in [0.29, 0.717) is 0 Å². The van der Waals surface area contributed by atoms with Gasteiger partial charge >= 0.3 is 170 Å². The summed E-state index contributed by atoms with van der Waals surface area (Å²) in [6.45, 7) is 14.5. The zero-order chi connectivity index (χ0) is 19.4. The van der Waals surface area contributed by atoms with Crippen molar-refractivity contribution < 1.29 is 12.7 Å². The average molecular weight is 448 g/mol. The van der Waals surface area contributed by atoms with Gasteiger partial charge in [0.15, 0.2) is 0 Å². The van der Waals surface area contributed by atoms with Crippen LogP contribution in [0, 0.1) is 0 Å². The summed E-state index contributed by atoms with van der Waals surface area (Å²) in [5.41, 5.74) is 5.42. The number of nitrogens with one attached hydrogen (secondary N) is 1. The Kier molecular flexibility index (Phi) is 5.59. The topological polar surface area (TPSA) is 15.3 Å². The molecule has 1 atom stereocenters. The molecule has 0 saturated carbocycles. The molecule has 0 amide bonds. The minimum atomic E-state index is -4.04. The summed E-state index contributed by atoms with van der Waals surface area (Å²) in [6.07, 6.45) is 2.55. The van der Waals surface area contributed by atoms with E-state index in [-0.39, 0.29) is 9.76 Å². The Morgan fingerprint density at radius 3 is 2.23 bits per heavy atom. The molecule has 1 saturated heterocycles. The summed E-state index contributed by atoms with van der Waals surface area (Å²) < 4.78 is 4.02. The van der Waals surface area contributed by atoms with Crippen LogP contribution in [0.25, 0.3) is 5.70 Å². The van der Waals surface area contributed by atoms with Crippen LogP contribution in [0.5, 0.6) is 0 Å². The number of hydrogen-bond donors (Lipinski definition) is 1. The molecule has 145 valence electrons. The number of benzene rings is 1. The van der Waals surface area contributed by atoms with Crippen molar-refractivity contribution >= 4 is 31.0 Å². The Labute approximate surface area is 169 Å². The predicted molar refractivity (Wildman–Crippen MR) is 116 cm³/mol. The molecule has 0 spiro atoms. The molecule has 1 aromatic rings. The second kappa shape index (κ2) is 6.93. The van der Waals surface area contributed by atoms with Gasteiger partial charge in [0.05, 0.1) is 0 Å². The van der Waals surface area contributed by atoms with E-state index in [0.717, 1.165) is 13.1 Å². The van der Waals surface area contributed by atoms with E-state index < -0.39 is 19.4 Å². The van der Waals surface area contributed by atoms with E-state index in [1.54, 1.807) is 0 Å². The van der Waals surface area contributed by atoms with Gasteiger partial charge in [-0.15, -0.1) is 0 Å². The van der Waals surface area contributed by atoms with Crippen LogP contribution in [0.1, 0.15) is 55.9 Å². The monoisotopic (exact) mass is 447 g/mol. The van der Waals surface area contributed by atoms with Gasteiger partial charge < -0.3 is 0 Å². The van der Waals surface area contributed by atoms with Crippen molar-refractivity contribution in [1.29, 1.82) is 0 Å². The molecular weight excluding hydrogens is 415 g/mol. The number of hydrogen-bond acceptors (Lipinski definition) is 2. The van der Waals surface area contributed by atoms with Crippen LogP contribution in [-0.2, 0) is 12.7 Å². The zero-order valence-corrected chi connectivity index (χ0v) is 21.2. The van der Waals surface area contributed by atoms with Crippen LogP contribution in [0.2, 0.25) is 13.1 Å². The maximum atomic E-state index is 7.67. The van der Waals surface area contributed by atoms with Gasteiger partial charge in [-0.2, -0.15) is 0 Å². The van der Waals surface area contributed by atoms with Crippen LogP contribution < -0.4 is 3.80 Å². The molecule has 1 aromatic carbocycles. The summed E-state index contributed by atoms with van der Waals surface area (Å²) in [4.78, 5) is 2.56. The van der Waals surface area contributed by atoms with E-state index in [1.807, 2.05) is 0 Å². The number of likely N-dealkylation sites (tertiary alicyclic amines) is 1. The fraction of sp³-hybridized carbons (Fsp3) is 0.600. The predicted octanol–water partition coefficient (Wildman–Crippen LogP) is 5.85. The quantitative estimate of drug-likeness (QED) is 0.582. The number of fused-ring (bicyclic) bond motifs is 1. The van der Waals surface area contributed by atoms with Crippen LogP contribution in [0.4, 0.5) is 0 Å². The van der Waals surface area contributed by atoms with Crippen molar-refractivity contribution in [3.05, 3.63) is 41.0 Å². The van der Waals surface area contributed by atoms with Gasteiger partial charge in [-0.1, -0.05) is 0 Å². The van der Waals surface area contributed by atoms with Crippen molar-refractivity contribution in [3.8, 4) is 0 Å². The first-order valence-corrected chi connectivity index (χ1v) is 21.4. The summed E-state index contributed by atoms with van der Waals surface area (Å²) in [6, 6.07) is 8.83. The first-order valence-electron chi connectivity index (χ1n) is 9.87. The molecular formula is C20H33Cl2N2SiTi. The van der Waals surface area contributed by atoms with Crippen molar-refractivity contribution in [2.75, 3.05) is 13.1 Å².